The van der Waals surface area contributed by atoms with E-state index in [9.17, 15) is 5.11 Å². The molecule has 0 saturated carbocycles. The Morgan fingerprint density at radius 3 is 1.69 bits per heavy atom. The lowest BCUT2D eigenvalue weighted by Crippen LogP contribution is -2.58. The van der Waals surface area contributed by atoms with Crippen molar-refractivity contribution >= 4 is 0 Å². The summed E-state index contributed by atoms with van der Waals surface area (Å²) in [6.07, 6.45) is -3.43. The number of aliphatic hydroxyl groups is 1. The summed E-state index contributed by atoms with van der Waals surface area (Å²) >= 11 is 0. The number of rotatable bonds is 7. The zero-order valence-electron chi connectivity index (χ0n) is 20.2. The highest BCUT2D eigenvalue weighted by molar-refractivity contribution is 5.47. The van der Waals surface area contributed by atoms with E-state index in [4.69, 9.17) is 23.7 Å². The summed E-state index contributed by atoms with van der Waals surface area (Å²) in [7, 11) is 1.51. The minimum atomic E-state index is -0.967. The molecule has 2 aliphatic heterocycles. The van der Waals surface area contributed by atoms with Crippen LogP contribution in [-0.4, -0.2) is 55.3 Å². The minimum Gasteiger partial charge on any atom is -0.385 e. The van der Waals surface area contributed by atoms with Crippen LogP contribution in [0.1, 0.15) is 30.5 Å². The van der Waals surface area contributed by atoms with E-state index in [0.717, 1.165) is 16.7 Å². The van der Waals surface area contributed by atoms with Crippen molar-refractivity contribution in [1.82, 2.24) is 0 Å². The van der Waals surface area contributed by atoms with Gasteiger partial charge in [-0.2, -0.15) is 0 Å². The average Bonchev–Trinajstić information content (AvgIpc) is 3.23. The Labute approximate surface area is 206 Å². The van der Waals surface area contributed by atoms with Crippen LogP contribution in [0.4, 0.5) is 0 Å². The fourth-order valence-electron chi connectivity index (χ4n) is 5.16. The van der Waals surface area contributed by atoms with Crippen LogP contribution in [0.3, 0.4) is 0 Å². The van der Waals surface area contributed by atoms with Crippen molar-refractivity contribution in [3.05, 3.63) is 108 Å². The maximum absolute atomic E-state index is 10.8. The average molecular weight is 477 g/mol. The van der Waals surface area contributed by atoms with Crippen molar-refractivity contribution in [3.63, 3.8) is 0 Å². The molecule has 6 nitrogen and oxygen atoms in total. The first-order valence-electron chi connectivity index (χ1n) is 12.0. The third-order valence-electron chi connectivity index (χ3n) is 6.69. The summed E-state index contributed by atoms with van der Waals surface area (Å²) in [6.45, 7) is 3.85. The molecule has 3 aromatic rings. The Balaban J connectivity index is 1.56. The Morgan fingerprint density at radius 1 is 0.771 bits per heavy atom. The number of fused-ring (bicyclic) bond motifs is 1. The maximum Gasteiger partial charge on any atom is 0.186 e. The van der Waals surface area contributed by atoms with Gasteiger partial charge in [0.1, 0.15) is 30.0 Å². The van der Waals surface area contributed by atoms with Gasteiger partial charge >= 0.3 is 0 Å². The Hall–Kier alpha value is -2.58. The van der Waals surface area contributed by atoms with Gasteiger partial charge in [0, 0.05) is 7.11 Å². The van der Waals surface area contributed by atoms with E-state index in [1.54, 1.807) is 0 Å². The van der Waals surface area contributed by atoms with Gasteiger partial charge in [-0.3, -0.25) is 0 Å². The molecular weight excluding hydrogens is 444 g/mol. The normalized spacial score (nSPS) is 27.9. The third-order valence-corrected chi connectivity index (χ3v) is 6.69. The highest BCUT2D eigenvalue weighted by Crippen LogP contribution is 2.43. The van der Waals surface area contributed by atoms with Crippen molar-refractivity contribution in [2.24, 2.45) is 0 Å². The first kappa shape index (κ1) is 24.1. The second kappa shape index (κ2) is 9.82. The SMILES string of the molecule is CO[C@H]1O[C@@H](COC(c2ccccc2)(c2ccccc2)c2ccccc2)[C@H]2OC(C)(C)O[C@H]2[C@@H]1O. The van der Waals surface area contributed by atoms with Crippen LogP contribution in [0.25, 0.3) is 0 Å². The lowest BCUT2D eigenvalue weighted by Gasteiger charge is -2.42. The number of aliphatic hydroxyl groups excluding tert-OH is 1. The van der Waals surface area contributed by atoms with Crippen LogP contribution in [0.15, 0.2) is 91.0 Å². The van der Waals surface area contributed by atoms with Gasteiger partial charge in [-0.25, -0.2) is 0 Å². The van der Waals surface area contributed by atoms with Crippen LogP contribution in [0, 0.1) is 0 Å². The van der Waals surface area contributed by atoms with Crippen molar-refractivity contribution in [2.45, 2.75) is 55.9 Å². The quantitative estimate of drug-likeness (QED) is 0.515. The summed E-state index contributed by atoms with van der Waals surface area (Å²) in [4.78, 5) is 0. The molecule has 0 bridgehead atoms. The second-order valence-electron chi connectivity index (χ2n) is 9.42. The van der Waals surface area contributed by atoms with Crippen molar-refractivity contribution in [1.29, 1.82) is 0 Å². The number of ether oxygens (including phenoxy) is 5. The molecule has 3 aromatic carbocycles. The van der Waals surface area contributed by atoms with E-state index in [1.807, 2.05) is 68.4 Å². The molecule has 6 heteroatoms. The van der Waals surface area contributed by atoms with Gasteiger partial charge < -0.3 is 28.8 Å². The molecule has 35 heavy (non-hydrogen) atoms. The van der Waals surface area contributed by atoms with Gasteiger partial charge in [0.25, 0.3) is 0 Å². The summed E-state index contributed by atoms with van der Waals surface area (Å²) in [6, 6.07) is 30.5. The van der Waals surface area contributed by atoms with Crippen LogP contribution in [-0.2, 0) is 29.3 Å². The molecule has 1 N–H and O–H groups in total. The van der Waals surface area contributed by atoms with Gasteiger partial charge in [0.05, 0.1) is 6.61 Å². The lowest BCUT2D eigenvalue weighted by atomic mass is 9.80. The first-order valence-corrected chi connectivity index (χ1v) is 12.0. The highest BCUT2D eigenvalue weighted by Gasteiger charge is 2.55. The Kier molecular flexibility index (Phi) is 6.77. The number of hydrogen-bond acceptors (Lipinski definition) is 6. The number of methoxy groups -OCH3 is 1. The Bertz CT molecular complexity index is 991. The van der Waals surface area contributed by atoms with Gasteiger partial charge in [-0.1, -0.05) is 91.0 Å². The fourth-order valence-corrected chi connectivity index (χ4v) is 5.16. The zero-order chi connectivity index (χ0) is 24.5. The van der Waals surface area contributed by atoms with Gasteiger partial charge in [0.15, 0.2) is 12.1 Å². The zero-order valence-corrected chi connectivity index (χ0v) is 20.2. The molecule has 0 radical (unpaired) electrons. The largest absolute Gasteiger partial charge is 0.385 e. The van der Waals surface area contributed by atoms with Gasteiger partial charge in [0.2, 0.25) is 0 Å². The molecule has 184 valence electrons. The standard InChI is InChI=1S/C29H32O6/c1-28(2)34-25-23(33-27(31-3)24(30)26(25)35-28)19-32-29(20-13-7-4-8-14-20,21-15-9-5-10-16-21)22-17-11-6-12-18-22/h4-18,23-27,30H,19H2,1-3H3/t23-,24-,25+,26-,27-/m0/s1. The summed E-state index contributed by atoms with van der Waals surface area (Å²) < 4.78 is 30.7. The molecule has 2 aliphatic rings. The number of hydrogen-bond donors (Lipinski definition) is 1. The molecule has 5 rings (SSSR count). The van der Waals surface area contributed by atoms with Gasteiger partial charge in [-0.05, 0) is 30.5 Å². The molecule has 0 amide bonds. The molecule has 2 fully saturated rings. The van der Waals surface area contributed by atoms with Crippen LogP contribution in [0.2, 0.25) is 0 Å². The lowest BCUT2D eigenvalue weighted by molar-refractivity contribution is -0.279. The van der Waals surface area contributed by atoms with Crippen LogP contribution < -0.4 is 0 Å². The van der Waals surface area contributed by atoms with E-state index in [1.165, 1.54) is 7.11 Å². The summed E-state index contributed by atoms with van der Waals surface area (Å²) in [5.41, 5.74) is 2.10. The predicted octanol–water partition coefficient (Wildman–Crippen LogP) is 4.25. The van der Waals surface area contributed by atoms with Crippen molar-refractivity contribution in [2.75, 3.05) is 13.7 Å². The molecule has 2 saturated heterocycles. The smallest absolute Gasteiger partial charge is 0.186 e. The van der Waals surface area contributed by atoms with E-state index in [0.29, 0.717) is 0 Å². The van der Waals surface area contributed by atoms with E-state index >= 15 is 0 Å². The predicted molar refractivity (Wildman–Crippen MR) is 131 cm³/mol. The molecule has 0 spiro atoms. The molecule has 0 aliphatic carbocycles. The van der Waals surface area contributed by atoms with Gasteiger partial charge in [-0.15, -0.1) is 0 Å². The first-order chi connectivity index (χ1) is 16.9. The van der Waals surface area contributed by atoms with E-state index in [-0.39, 0.29) is 6.61 Å². The topological polar surface area (TPSA) is 66.4 Å². The monoisotopic (exact) mass is 476 g/mol. The molecule has 5 atom stereocenters. The highest BCUT2D eigenvalue weighted by atomic mass is 16.8. The van der Waals surface area contributed by atoms with E-state index < -0.39 is 42.1 Å². The Morgan fingerprint density at radius 2 is 1.23 bits per heavy atom. The molecular formula is C29H32O6. The maximum atomic E-state index is 10.8. The minimum absolute atomic E-state index is 0.186. The summed E-state index contributed by atoms with van der Waals surface area (Å²) in [5.74, 6) is -0.851. The number of benzene rings is 3. The summed E-state index contributed by atoms with van der Waals surface area (Å²) in [5, 5.41) is 10.8. The molecule has 2 heterocycles. The molecule has 0 aromatic heterocycles. The molecule has 0 unspecified atom stereocenters. The van der Waals surface area contributed by atoms with Crippen molar-refractivity contribution < 1.29 is 28.8 Å². The fraction of sp³-hybridized carbons (Fsp3) is 0.379. The van der Waals surface area contributed by atoms with E-state index in [2.05, 4.69) is 36.4 Å². The van der Waals surface area contributed by atoms with Crippen molar-refractivity contribution in [3.8, 4) is 0 Å². The van der Waals surface area contributed by atoms with Crippen LogP contribution in [0.5, 0.6) is 0 Å². The van der Waals surface area contributed by atoms with Crippen LogP contribution >= 0.6 is 0 Å². The second-order valence-corrected chi connectivity index (χ2v) is 9.42. The third kappa shape index (κ3) is 4.54.